The number of imide groups is 1. The average molecular weight is 795 g/mol. The number of amides is 3. The lowest BCUT2D eigenvalue weighted by molar-refractivity contribution is -0.141. The number of carbonyl (C=O) groups excluding carboxylic acids is 3. The van der Waals surface area contributed by atoms with Crippen LogP contribution in [0.2, 0.25) is 0 Å². The fourth-order valence-corrected chi connectivity index (χ4v) is 8.60. The number of pyridine rings is 1. The number of hydrogen-bond acceptors (Lipinski definition) is 8. The molecule has 2 atom stereocenters. The smallest absolute Gasteiger partial charge is 0.433 e. The van der Waals surface area contributed by atoms with Crippen molar-refractivity contribution in [1.29, 1.82) is 0 Å². The van der Waals surface area contributed by atoms with Crippen molar-refractivity contribution < 1.29 is 41.1 Å². The van der Waals surface area contributed by atoms with Gasteiger partial charge in [0.25, 0.3) is 11.8 Å². The Bertz CT molecular complexity index is 2430. The molecule has 1 unspecified atom stereocenters. The van der Waals surface area contributed by atoms with Crippen LogP contribution in [0, 0.1) is 5.92 Å². The van der Waals surface area contributed by atoms with Gasteiger partial charge in [-0.2, -0.15) is 18.3 Å². The Morgan fingerprint density at radius 1 is 1.02 bits per heavy atom. The fourth-order valence-electron chi connectivity index (χ4n) is 8.60. The number of benzene rings is 2. The highest BCUT2D eigenvalue weighted by atomic mass is 19.4. The van der Waals surface area contributed by atoms with E-state index in [0.29, 0.717) is 35.4 Å². The lowest BCUT2D eigenvalue weighted by atomic mass is 9.83. The van der Waals surface area contributed by atoms with Gasteiger partial charge >= 0.3 is 11.9 Å². The topological polar surface area (TPSA) is 156 Å². The molecule has 0 bridgehead atoms. The van der Waals surface area contributed by atoms with Gasteiger partial charge in [-0.15, -0.1) is 0 Å². The number of hydrogen-bond donors (Lipinski definition) is 3. The molecule has 5 heterocycles. The lowest BCUT2D eigenvalue weighted by Crippen LogP contribution is -2.49. The maximum atomic E-state index is 16.0. The van der Waals surface area contributed by atoms with Crippen LogP contribution in [0.1, 0.15) is 84.7 Å². The normalized spacial score (nSPS) is 23.1. The number of ether oxygens (including phenoxy) is 1. The summed E-state index contributed by atoms with van der Waals surface area (Å²) in [5.74, 6) is -5.99. The van der Waals surface area contributed by atoms with E-state index in [2.05, 4.69) is 20.6 Å². The van der Waals surface area contributed by atoms with Gasteiger partial charge in [0.1, 0.15) is 23.2 Å². The van der Waals surface area contributed by atoms with Crippen LogP contribution < -0.4 is 21.1 Å². The number of para-hydroxylation sites is 1. The molecule has 3 amide bonds. The molecular formula is C39H39F5N8O5. The molecule has 2 saturated heterocycles. The van der Waals surface area contributed by atoms with Gasteiger partial charge in [-0.05, 0) is 80.8 Å². The molecule has 2 aliphatic heterocycles. The summed E-state index contributed by atoms with van der Waals surface area (Å²) in [5.41, 5.74) is -0.288. The Labute approximate surface area is 321 Å². The van der Waals surface area contributed by atoms with E-state index in [1.54, 1.807) is 36.4 Å². The van der Waals surface area contributed by atoms with Gasteiger partial charge in [0.05, 0.1) is 42.2 Å². The zero-order valence-corrected chi connectivity index (χ0v) is 30.7. The maximum absolute atomic E-state index is 16.0. The summed E-state index contributed by atoms with van der Waals surface area (Å²) in [4.78, 5) is 58.2. The standard InChI is InChI=1S/C39H39F5N8O5/c1-57-25-16-29(46-32(17-25)39(42,43)44)35(54)45-23-7-10-28-22(15-23)19-51(49-28)24-8-5-21(6-9-24)18-50-14-13-27(38(40,41)20-50)26-3-2-4-30-34(26)48-37(56)52(30)31-11-12-33(53)47-36(31)55/h2-4,7,10,15-17,19,21,24,27,31H,5-6,8-9,11-14,18,20H2,1H3,(H,45,54)(H,48,56)(H,47,53,55)/t21?,24?,27-,31?/m0/s1. The summed E-state index contributed by atoms with van der Waals surface area (Å²) in [6.45, 7) is 0.557. The highest BCUT2D eigenvalue weighted by Gasteiger charge is 2.47. The van der Waals surface area contributed by atoms with E-state index in [1.165, 1.54) is 11.7 Å². The SMILES string of the molecule is COc1cc(C(=O)Nc2ccc3nn(C4CCC(CN5CC[C@@H](c6cccc7c6[nH]c(=O)n7C6CCC(=O)NC6=O)C(F)(F)C5)CC4)cc3c2)nc(C(F)(F)F)c1. The van der Waals surface area contributed by atoms with E-state index in [0.717, 1.165) is 43.2 Å². The first-order valence-electron chi connectivity index (χ1n) is 18.8. The number of aromatic amines is 1. The number of H-pyrrole nitrogens is 1. The van der Waals surface area contributed by atoms with E-state index in [4.69, 9.17) is 9.84 Å². The van der Waals surface area contributed by atoms with E-state index >= 15 is 8.78 Å². The number of piperidine rings is 2. The number of fused-ring (bicyclic) bond motifs is 2. The van der Waals surface area contributed by atoms with Crippen molar-refractivity contribution in [1.82, 2.24) is 34.5 Å². The first-order valence-corrected chi connectivity index (χ1v) is 18.8. The van der Waals surface area contributed by atoms with Gasteiger partial charge in [-0.1, -0.05) is 12.1 Å². The van der Waals surface area contributed by atoms with Crippen LogP contribution in [0.15, 0.2) is 59.5 Å². The van der Waals surface area contributed by atoms with Gasteiger partial charge in [-0.3, -0.25) is 33.8 Å². The third kappa shape index (κ3) is 7.61. The zero-order chi connectivity index (χ0) is 40.2. The van der Waals surface area contributed by atoms with Crippen LogP contribution in [-0.4, -0.2) is 79.6 Å². The molecule has 3 N–H and O–H groups in total. The number of methoxy groups -OCH3 is 1. The molecular weight excluding hydrogens is 755 g/mol. The molecule has 0 spiro atoms. The summed E-state index contributed by atoms with van der Waals surface area (Å²) in [7, 11) is 1.20. The van der Waals surface area contributed by atoms with Gasteiger partial charge in [0.15, 0.2) is 0 Å². The van der Waals surface area contributed by atoms with Crippen LogP contribution in [0.25, 0.3) is 21.9 Å². The second kappa shape index (κ2) is 14.7. The lowest BCUT2D eigenvalue weighted by Gasteiger charge is -2.41. The molecule has 57 heavy (non-hydrogen) atoms. The van der Waals surface area contributed by atoms with Crippen molar-refractivity contribution in [2.45, 2.75) is 75.0 Å². The largest absolute Gasteiger partial charge is 0.497 e. The summed E-state index contributed by atoms with van der Waals surface area (Å²) in [6, 6.07) is 10.9. The number of carbonyl (C=O) groups is 3. The number of imidazole rings is 1. The Balaban J connectivity index is 0.880. The quantitative estimate of drug-likeness (QED) is 0.124. The van der Waals surface area contributed by atoms with Crippen LogP contribution in [0.3, 0.4) is 0 Å². The molecule has 5 aromatic rings. The first-order chi connectivity index (χ1) is 27.2. The van der Waals surface area contributed by atoms with Gasteiger partial charge in [-0.25, -0.2) is 18.6 Å². The summed E-state index contributed by atoms with van der Waals surface area (Å²) in [6.07, 6.45) is 0.707. The highest BCUT2D eigenvalue weighted by molar-refractivity contribution is 6.04. The zero-order valence-electron chi connectivity index (χ0n) is 30.7. The Hall–Kier alpha value is -5.65. The minimum atomic E-state index is -4.76. The van der Waals surface area contributed by atoms with Gasteiger partial charge < -0.3 is 15.0 Å². The van der Waals surface area contributed by atoms with Crippen molar-refractivity contribution in [3.8, 4) is 5.75 Å². The van der Waals surface area contributed by atoms with Crippen molar-refractivity contribution in [2.75, 3.05) is 32.1 Å². The first kappa shape index (κ1) is 38.2. The molecule has 18 heteroatoms. The van der Waals surface area contributed by atoms with Crippen molar-refractivity contribution >= 4 is 45.3 Å². The van der Waals surface area contributed by atoms with E-state index in [1.807, 2.05) is 15.8 Å². The van der Waals surface area contributed by atoms with Gasteiger partial charge in [0.2, 0.25) is 11.8 Å². The summed E-state index contributed by atoms with van der Waals surface area (Å²) in [5, 5.41) is 10.3. The van der Waals surface area contributed by atoms with E-state index in [9.17, 15) is 32.3 Å². The fraction of sp³-hybridized carbons (Fsp3) is 0.436. The van der Waals surface area contributed by atoms with Crippen molar-refractivity contribution in [3.05, 3.63) is 82.2 Å². The van der Waals surface area contributed by atoms with Gasteiger partial charge in [0, 0.05) is 42.4 Å². The minimum absolute atomic E-state index is 0.0750. The molecule has 3 fully saturated rings. The van der Waals surface area contributed by atoms with E-state index in [-0.39, 0.29) is 42.5 Å². The molecule has 3 aromatic heterocycles. The second-order valence-corrected chi connectivity index (χ2v) is 15.1. The predicted octanol–water partition coefficient (Wildman–Crippen LogP) is 6.19. The molecule has 13 nitrogen and oxygen atoms in total. The molecule has 300 valence electrons. The van der Waals surface area contributed by atoms with Crippen LogP contribution in [0.4, 0.5) is 27.6 Å². The van der Waals surface area contributed by atoms with Crippen LogP contribution >= 0.6 is 0 Å². The van der Waals surface area contributed by atoms with Crippen molar-refractivity contribution in [3.63, 3.8) is 0 Å². The highest BCUT2D eigenvalue weighted by Crippen LogP contribution is 2.43. The van der Waals surface area contributed by atoms with E-state index < -0.39 is 65.4 Å². The van der Waals surface area contributed by atoms with Crippen LogP contribution in [-0.2, 0) is 15.8 Å². The Morgan fingerprint density at radius 3 is 2.53 bits per heavy atom. The molecule has 0 radical (unpaired) electrons. The molecule has 1 saturated carbocycles. The number of alkyl halides is 5. The molecule has 1 aliphatic carbocycles. The third-order valence-corrected chi connectivity index (χ3v) is 11.4. The number of anilines is 1. The number of nitrogens with one attached hydrogen (secondary N) is 3. The Kier molecular flexibility index (Phi) is 9.86. The number of aromatic nitrogens is 5. The number of rotatable bonds is 8. The Morgan fingerprint density at radius 2 is 1.81 bits per heavy atom. The average Bonchev–Trinajstić information content (AvgIpc) is 3.74. The monoisotopic (exact) mass is 794 g/mol. The second-order valence-electron chi connectivity index (χ2n) is 15.1. The molecule has 2 aromatic carbocycles. The minimum Gasteiger partial charge on any atom is -0.497 e. The summed E-state index contributed by atoms with van der Waals surface area (Å²) >= 11 is 0. The number of likely N-dealkylation sites (tertiary alicyclic amines) is 1. The number of halogens is 5. The molecule has 8 rings (SSSR count). The van der Waals surface area contributed by atoms with Crippen molar-refractivity contribution in [2.24, 2.45) is 5.92 Å². The van der Waals surface area contributed by atoms with Crippen LogP contribution in [0.5, 0.6) is 5.75 Å². The third-order valence-electron chi connectivity index (χ3n) is 11.4. The number of nitrogens with zero attached hydrogens (tertiary/aromatic N) is 5. The summed E-state index contributed by atoms with van der Waals surface area (Å²) < 4.78 is 80.0. The molecule has 3 aliphatic rings. The predicted molar refractivity (Wildman–Crippen MR) is 197 cm³/mol. The maximum Gasteiger partial charge on any atom is 0.433 e.